The third-order valence-electron chi connectivity index (χ3n) is 3.39. The van der Waals surface area contributed by atoms with E-state index in [-0.39, 0.29) is 15.6 Å². The highest BCUT2D eigenvalue weighted by atomic mass is 32.1. The van der Waals surface area contributed by atoms with Crippen LogP contribution in [0.1, 0.15) is 32.6 Å². The van der Waals surface area contributed by atoms with Gasteiger partial charge in [0.25, 0.3) is 5.91 Å². The van der Waals surface area contributed by atoms with E-state index < -0.39 is 11.9 Å². The predicted octanol–water partition coefficient (Wildman–Crippen LogP) is 3.11. The lowest BCUT2D eigenvalue weighted by Gasteiger charge is -2.03. The zero-order chi connectivity index (χ0) is 17.8. The predicted molar refractivity (Wildman–Crippen MR) is 93.9 cm³/mol. The van der Waals surface area contributed by atoms with Crippen molar-refractivity contribution in [2.45, 2.75) is 13.3 Å². The van der Waals surface area contributed by atoms with Crippen molar-refractivity contribution < 1.29 is 14.7 Å². The van der Waals surface area contributed by atoms with Gasteiger partial charge in [0.2, 0.25) is 0 Å². The summed E-state index contributed by atoms with van der Waals surface area (Å²) >= 11 is 0.932. The fourth-order valence-electron chi connectivity index (χ4n) is 2.16. The SMILES string of the molecule is CCc1nc(NC(=O)c2cnc(-c3ccccc3)nc2)sc1C(=O)O. The molecule has 0 aliphatic heterocycles. The number of hydrogen-bond donors (Lipinski definition) is 2. The van der Waals surface area contributed by atoms with E-state index in [4.69, 9.17) is 5.11 Å². The fourth-order valence-corrected chi connectivity index (χ4v) is 3.05. The number of thiazole rings is 1. The minimum absolute atomic E-state index is 0.133. The van der Waals surface area contributed by atoms with Crippen LogP contribution < -0.4 is 5.32 Å². The van der Waals surface area contributed by atoms with Gasteiger partial charge in [-0.25, -0.2) is 19.7 Å². The second-order valence-electron chi connectivity index (χ2n) is 5.07. The average molecular weight is 354 g/mol. The average Bonchev–Trinajstić information content (AvgIpc) is 3.06. The fraction of sp³-hybridized carbons (Fsp3) is 0.118. The summed E-state index contributed by atoms with van der Waals surface area (Å²) in [4.78, 5) is 36.1. The lowest BCUT2D eigenvalue weighted by atomic mass is 10.2. The second-order valence-corrected chi connectivity index (χ2v) is 6.07. The van der Waals surface area contributed by atoms with Crippen LogP contribution in [-0.4, -0.2) is 31.9 Å². The number of aromatic nitrogens is 3. The third kappa shape index (κ3) is 3.69. The molecule has 8 heteroatoms. The Bertz CT molecular complexity index is 907. The largest absolute Gasteiger partial charge is 0.477 e. The van der Waals surface area contributed by atoms with Crippen LogP contribution in [0.2, 0.25) is 0 Å². The second kappa shape index (κ2) is 7.18. The molecule has 25 heavy (non-hydrogen) atoms. The summed E-state index contributed by atoms with van der Waals surface area (Å²) in [7, 11) is 0. The Kier molecular flexibility index (Phi) is 4.80. The molecule has 2 heterocycles. The van der Waals surface area contributed by atoms with Crippen LogP contribution in [0.25, 0.3) is 11.4 Å². The highest BCUT2D eigenvalue weighted by molar-refractivity contribution is 7.17. The van der Waals surface area contributed by atoms with Crippen LogP contribution in [0.15, 0.2) is 42.7 Å². The number of carboxylic acid groups (broad SMARTS) is 1. The molecule has 0 saturated heterocycles. The van der Waals surface area contributed by atoms with E-state index in [1.165, 1.54) is 12.4 Å². The number of carbonyl (C=O) groups excluding carboxylic acids is 1. The van der Waals surface area contributed by atoms with Gasteiger partial charge in [-0.3, -0.25) is 10.1 Å². The number of benzene rings is 1. The first kappa shape index (κ1) is 16.7. The first-order chi connectivity index (χ1) is 12.1. The molecule has 1 amide bonds. The molecule has 0 unspecified atom stereocenters. The Morgan fingerprint density at radius 2 is 1.84 bits per heavy atom. The van der Waals surface area contributed by atoms with Crippen LogP contribution in [0.4, 0.5) is 5.13 Å². The topological polar surface area (TPSA) is 105 Å². The molecule has 3 aromatic rings. The number of nitrogens with one attached hydrogen (secondary N) is 1. The minimum atomic E-state index is -1.05. The first-order valence-corrected chi connectivity index (χ1v) is 8.32. The molecule has 2 aromatic heterocycles. The van der Waals surface area contributed by atoms with Crippen molar-refractivity contribution in [1.29, 1.82) is 0 Å². The van der Waals surface area contributed by atoms with Crippen molar-refractivity contribution in [3.63, 3.8) is 0 Å². The van der Waals surface area contributed by atoms with Gasteiger partial charge in [0.05, 0.1) is 11.3 Å². The molecule has 3 rings (SSSR count). The van der Waals surface area contributed by atoms with Gasteiger partial charge in [0.15, 0.2) is 11.0 Å². The zero-order valence-electron chi connectivity index (χ0n) is 13.3. The van der Waals surface area contributed by atoms with E-state index >= 15 is 0 Å². The van der Waals surface area contributed by atoms with Gasteiger partial charge in [-0.05, 0) is 6.42 Å². The maximum atomic E-state index is 12.3. The maximum absolute atomic E-state index is 12.3. The Morgan fingerprint density at radius 1 is 1.16 bits per heavy atom. The normalized spacial score (nSPS) is 10.4. The van der Waals surface area contributed by atoms with Crippen LogP contribution in [0, 0.1) is 0 Å². The van der Waals surface area contributed by atoms with Crippen LogP contribution in [-0.2, 0) is 6.42 Å². The van der Waals surface area contributed by atoms with E-state index in [0.29, 0.717) is 17.9 Å². The molecular formula is C17H14N4O3S. The summed E-state index contributed by atoms with van der Waals surface area (Å²) in [6.45, 7) is 1.81. The number of carboxylic acids is 1. The van der Waals surface area contributed by atoms with Crippen LogP contribution >= 0.6 is 11.3 Å². The summed E-state index contributed by atoms with van der Waals surface area (Å²) in [5, 5.41) is 12.0. The van der Waals surface area contributed by atoms with Crippen molar-refractivity contribution >= 4 is 28.3 Å². The number of anilines is 1. The maximum Gasteiger partial charge on any atom is 0.347 e. The van der Waals surface area contributed by atoms with Gasteiger partial charge in [-0.15, -0.1) is 0 Å². The molecule has 7 nitrogen and oxygen atoms in total. The molecule has 0 fully saturated rings. The molecule has 2 N–H and O–H groups in total. The number of rotatable bonds is 5. The number of hydrogen-bond acceptors (Lipinski definition) is 6. The Balaban J connectivity index is 1.77. The molecule has 0 bridgehead atoms. The quantitative estimate of drug-likeness (QED) is 0.729. The summed E-state index contributed by atoms with van der Waals surface area (Å²) in [5.41, 5.74) is 1.57. The number of amides is 1. The van der Waals surface area contributed by atoms with Gasteiger partial charge in [-0.2, -0.15) is 0 Å². The van der Waals surface area contributed by atoms with Crippen molar-refractivity contribution in [3.05, 3.63) is 58.9 Å². The molecular weight excluding hydrogens is 340 g/mol. The molecule has 0 saturated carbocycles. The van der Waals surface area contributed by atoms with Crippen molar-refractivity contribution in [1.82, 2.24) is 15.0 Å². The summed E-state index contributed by atoms with van der Waals surface area (Å²) in [5.74, 6) is -0.966. The number of carbonyl (C=O) groups is 2. The van der Waals surface area contributed by atoms with E-state index in [1.54, 1.807) is 0 Å². The number of aromatic carboxylic acids is 1. The summed E-state index contributed by atoms with van der Waals surface area (Å²) in [6.07, 6.45) is 3.33. The Morgan fingerprint density at radius 3 is 2.40 bits per heavy atom. The van der Waals surface area contributed by atoms with Crippen molar-refractivity contribution in [2.75, 3.05) is 5.32 Å². The van der Waals surface area contributed by atoms with Crippen LogP contribution in [0.3, 0.4) is 0 Å². The van der Waals surface area contributed by atoms with Gasteiger partial charge in [-0.1, -0.05) is 48.6 Å². The molecule has 0 spiro atoms. The molecule has 0 radical (unpaired) electrons. The lowest BCUT2D eigenvalue weighted by Crippen LogP contribution is -2.12. The van der Waals surface area contributed by atoms with E-state index in [9.17, 15) is 9.59 Å². The Hall–Kier alpha value is -3.13. The zero-order valence-corrected chi connectivity index (χ0v) is 14.1. The van der Waals surface area contributed by atoms with Gasteiger partial charge in [0.1, 0.15) is 4.88 Å². The van der Waals surface area contributed by atoms with E-state index in [2.05, 4.69) is 20.3 Å². The molecule has 0 aliphatic rings. The van der Waals surface area contributed by atoms with Gasteiger partial charge in [0, 0.05) is 18.0 Å². The summed E-state index contributed by atoms with van der Waals surface area (Å²) in [6, 6.07) is 9.42. The third-order valence-corrected chi connectivity index (χ3v) is 4.39. The molecule has 0 aliphatic carbocycles. The molecule has 1 aromatic carbocycles. The number of nitrogens with zero attached hydrogens (tertiary/aromatic N) is 3. The Labute approximate surface area is 147 Å². The lowest BCUT2D eigenvalue weighted by molar-refractivity contribution is 0.0700. The molecule has 0 atom stereocenters. The van der Waals surface area contributed by atoms with Gasteiger partial charge >= 0.3 is 5.97 Å². The van der Waals surface area contributed by atoms with E-state index in [1.807, 2.05) is 37.3 Å². The van der Waals surface area contributed by atoms with Crippen molar-refractivity contribution in [3.8, 4) is 11.4 Å². The highest BCUT2D eigenvalue weighted by Gasteiger charge is 2.18. The molecule has 126 valence electrons. The van der Waals surface area contributed by atoms with Crippen molar-refractivity contribution in [2.24, 2.45) is 0 Å². The highest BCUT2D eigenvalue weighted by Crippen LogP contribution is 2.24. The number of aryl methyl sites for hydroxylation is 1. The standard InChI is InChI=1S/C17H14N4O3S/c1-2-12-13(16(23)24)25-17(20-12)21-15(22)11-8-18-14(19-9-11)10-6-4-3-5-7-10/h3-9H,2H2,1H3,(H,23,24)(H,20,21,22). The summed E-state index contributed by atoms with van der Waals surface area (Å²) < 4.78 is 0. The van der Waals surface area contributed by atoms with Gasteiger partial charge < -0.3 is 5.11 Å². The monoisotopic (exact) mass is 354 g/mol. The smallest absolute Gasteiger partial charge is 0.347 e. The first-order valence-electron chi connectivity index (χ1n) is 7.50. The minimum Gasteiger partial charge on any atom is -0.477 e. The van der Waals surface area contributed by atoms with E-state index in [0.717, 1.165) is 16.9 Å². The van der Waals surface area contributed by atoms with Crippen LogP contribution in [0.5, 0.6) is 0 Å².